The van der Waals surface area contributed by atoms with Crippen LogP contribution < -0.4 is 0 Å². The lowest BCUT2D eigenvalue weighted by Crippen LogP contribution is -2.31. The van der Waals surface area contributed by atoms with Crippen LogP contribution in [-0.4, -0.2) is 49.7 Å². The lowest BCUT2D eigenvalue weighted by Gasteiger charge is -2.17. The Morgan fingerprint density at radius 1 is 1.42 bits per heavy atom. The van der Waals surface area contributed by atoms with Gasteiger partial charge in [0, 0.05) is 20.2 Å². The van der Waals surface area contributed by atoms with Gasteiger partial charge in [-0.15, -0.1) is 0 Å². The molecule has 19 heavy (non-hydrogen) atoms. The van der Waals surface area contributed by atoms with Gasteiger partial charge in [0.25, 0.3) is 0 Å². The number of ether oxygens (including phenoxy) is 1. The topological polar surface area (TPSA) is 75.3 Å². The van der Waals surface area contributed by atoms with Crippen molar-refractivity contribution in [2.45, 2.75) is 31.6 Å². The zero-order valence-corrected chi connectivity index (χ0v) is 12.5. The van der Waals surface area contributed by atoms with E-state index < -0.39 is 10.0 Å². The molecule has 1 aliphatic rings. The van der Waals surface area contributed by atoms with Gasteiger partial charge in [-0.05, 0) is 32.6 Å². The fourth-order valence-corrected chi connectivity index (χ4v) is 3.40. The van der Waals surface area contributed by atoms with Crippen LogP contribution in [0.3, 0.4) is 0 Å². The van der Waals surface area contributed by atoms with E-state index in [2.05, 4.69) is 10.2 Å². The average Bonchev–Trinajstić information content (AvgIpc) is 3.10. The molecule has 0 bridgehead atoms. The Hall–Kier alpha value is -0.920. The SMILES string of the molecule is Cc1n[nH]c(C)c1S(=O)(=O)N(C)CCOCC1CC1. The highest BCUT2D eigenvalue weighted by Crippen LogP contribution is 2.28. The Labute approximate surface area is 114 Å². The van der Waals surface area contributed by atoms with Gasteiger partial charge in [-0.2, -0.15) is 9.40 Å². The van der Waals surface area contributed by atoms with Crippen molar-refractivity contribution in [3.63, 3.8) is 0 Å². The van der Waals surface area contributed by atoms with E-state index in [0.29, 0.717) is 30.5 Å². The van der Waals surface area contributed by atoms with Crippen molar-refractivity contribution in [1.29, 1.82) is 0 Å². The van der Waals surface area contributed by atoms with E-state index in [0.717, 1.165) is 6.61 Å². The Kier molecular flexibility index (Phi) is 4.27. The molecule has 0 unspecified atom stereocenters. The molecule has 1 aromatic heterocycles. The summed E-state index contributed by atoms with van der Waals surface area (Å²) in [7, 11) is -1.91. The highest BCUT2D eigenvalue weighted by molar-refractivity contribution is 7.89. The Morgan fingerprint density at radius 2 is 2.11 bits per heavy atom. The van der Waals surface area contributed by atoms with Gasteiger partial charge in [0.05, 0.1) is 18.0 Å². The summed E-state index contributed by atoms with van der Waals surface area (Å²) in [6.07, 6.45) is 2.48. The molecule has 1 aliphatic carbocycles. The summed E-state index contributed by atoms with van der Waals surface area (Å²) in [4.78, 5) is 0.275. The van der Waals surface area contributed by atoms with E-state index in [4.69, 9.17) is 4.74 Å². The van der Waals surface area contributed by atoms with E-state index in [9.17, 15) is 8.42 Å². The maximum absolute atomic E-state index is 12.4. The molecule has 0 aliphatic heterocycles. The number of nitrogens with zero attached hydrogens (tertiary/aromatic N) is 2. The van der Waals surface area contributed by atoms with Crippen LogP contribution >= 0.6 is 0 Å². The molecule has 0 radical (unpaired) electrons. The van der Waals surface area contributed by atoms with E-state index in [1.807, 2.05) is 0 Å². The minimum absolute atomic E-state index is 0.275. The summed E-state index contributed by atoms with van der Waals surface area (Å²) < 4.78 is 31.6. The molecule has 0 aromatic carbocycles. The van der Waals surface area contributed by atoms with Crippen LogP contribution in [0.4, 0.5) is 0 Å². The van der Waals surface area contributed by atoms with Gasteiger partial charge in [-0.1, -0.05) is 0 Å². The first-order valence-electron chi connectivity index (χ1n) is 6.48. The maximum atomic E-state index is 12.4. The number of rotatable bonds is 7. The Bertz CT molecular complexity index is 515. The number of likely N-dealkylation sites (N-methyl/N-ethyl adjacent to an activating group) is 1. The Morgan fingerprint density at radius 3 is 2.63 bits per heavy atom. The summed E-state index contributed by atoms with van der Waals surface area (Å²) in [5.41, 5.74) is 1.08. The fourth-order valence-electron chi connectivity index (χ4n) is 1.92. The van der Waals surface area contributed by atoms with Crippen molar-refractivity contribution in [3.8, 4) is 0 Å². The van der Waals surface area contributed by atoms with E-state index >= 15 is 0 Å². The minimum Gasteiger partial charge on any atom is -0.380 e. The second kappa shape index (κ2) is 5.60. The molecular weight excluding hydrogens is 266 g/mol. The fraction of sp³-hybridized carbons (Fsp3) is 0.750. The molecule has 0 atom stereocenters. The molecule has 1 heterocycles. The summed E-state index contributed by atoms with van der Waals surface area (Å²) in [6.45, 7) is 4.94. The minimum atomic E-state index is -3.48. The number of aromatic amines is 1. The zero-order valence-electron chi connectivity index (χ0n) is 11.6. The van der Waals surface area contributed by atoms with Crippen LogP contribution in [0.25, 0.3) is 0 Å². The Balaban J connectivity index is 1.94. The summed E-state index contributed by atoms with van der Waals surface area (Å²) in [5, 5.41) is 6.63. The van der Waals surface area contributed by atoms with Gasteiger partial charge in [-0.25, -0.2) is 8.42 Å². The molecule has 1 N–H and O–H groups in total. The third-order valence-corrected chi connectivity index (χ3v) is 5.45. The summed E-state index contributed by atoms with van der Waals surface area (Å²) >= 11 is 0. The highest BCUT2D eigenvalue weighted by atomic mass is 32.2. The van der Waals surface area contributed by atoms with Gasteiger partial charge >= 0.3 is 0 Å². The van der Waals surface area contributed by atoms with Gasteiger partial charge in [0.2, 0.25) is 10.0 Å². The van der Waals surface area contributed by atoms with Crippen LogP contribution in [0.5, 0.6) is 0 Å². The van der Waals surface area contributed by atoms with Crippen LogP contribution in [0.1, 0.15) is 24.2 Å². The molecule has 1 fully saturated rings. The number of hydrogen-bond donors (Lipinski definition) is 1. The number of hydrogen-bond acceptors (Lipinski definition) is 4. The van der Waals surface area contributed by atoms with Crippen molar-refractivity contribution in [2.75, 3.05) is 26.8 Å². The highest BCUT2D eigenvalue weighted by Gasteiger charge is 2.27. The van der Waals surface area contributed by atoms with E-state index in [-0.39, 0.29) is 4.90 Å². The monoisotopic (exact) mass is 287 g/mol. The second-order valence-electron chi connectivity index (χ2n) is 5.11. The van der Waals surface area contributed by atoms with Crippen LogP contribution in [0.2, 0.25) is 0 Å². The van der Waals surface area contributed by atoms with Crippen molar-refractivity contribution < 1.29 is 13.2 Å². The smallest absolute Gasteiger partial charge is 0.246 e. The third kappa shape index (κ3) is 3.34. The molecule has 108 valence electrons. The van der Waals surface area contributed by atoms with Crippen LogP contribution in [0.15, 0.2) is 4.90 Å². The van der Waals surface area contributed by atoms with Crippen LogP contribution in [0, 0.1) is 19.8 Å². The van der Waals surface area contributed by atoms with Gasteiger partial charge in [-0.3, -0.25) is 5.10 Å². The number of H-pyrrole nitrogens is 1. The predicted molar refractivity (Wildman–Crippen MR) is 71.4 cm³/mol. The van der Waals surface area contributed by atoms with Gasteiger partial charge < -0.3 is 4.74 Å². The second-order valence-corrected chi connectivity index (χ2v) is 7.09. The molecule has 0 spiro atoms. The molecule has 2 rings (SSSR count). The standard InChI is InChI=1S/C12H21N3O3S/c1-9-12(10(2)14-13-9)19(16,17)15(3)6-7-18-8-11-4-5-11/h11H,4-8H2,1-3H3,(H,13,14). The zero-order chi connectivity index (χ0) is 14.0. The van der Waals surface area contributed by atoms with Gasteiger partial charge in [0.1, 0.15) is 4.90 Å². The molecule has 1 saturated carbocycles. The van der Waals surface area contributed by atoms with Crippen molar-refractivity contribution >= 4 is 10.0 Å². The number of nitrogens with one attached hydrogen (secondary N) is 1. The maximum Gasteiger partial charge on any atom is 0.246 e. The molecule has 7 heteroatoms. The van der Waals surface area contributed by atoms with E-state index in [1.165, 1.54) is 17.1 Å². The lowest BCUT2D eigenvalue weighted by molar-refractivity contribution is 0.117. The lowest BCUT2D eigenvalue weighted by atomic mass is 10.4. The van der Waals surface area contributed by atoms with Crippen molar-refractivity contribution in [3.05, 3.63) is 11.4 Å². The number of sulfonamides is 1. The third-order valence-electron chi connectivity index (χ3n) is 3.33. The largest absolute Gasteiger partial charge is 0.380 e. The quantitative estimate of drug-likeness (QED) is 0.761. The normalized spacial score (nSPS) is 16.2. The molecule has 1 aromatic rings. The first-order valence-corrected chi connectivity index (χ1v) is 7.92. The first-order chi connectivity index (χ1) is 8.93. The first kappa shape index (κ1) is 14.5. The molecule has 0 saturated heterocycles. The number of aryl methyl sites for hydroxylation is 2. The summed E-state index contributed by atoms with van der Waals surface area (Å²) in [5.74, 6) is 0.695. The summed E-state index contributed by atoms with van der Waals surface area (Å²) in [6, 6.07) is 0. The number of aromatic nitrogens is 2. The molecule has 6 nitrogen and oxygen atoms in total. The van der Waals surface area contributed by atoms with Gasteiger partial charge in [0.15, 0.2) is 0 Å². The molecular formula is C12H21N3O3S. The molecule has 0 amide bonds. The average molecular weight is 287 g/mol. The predicted octanol–water partition coefficient (Wildman–Crippen LogP) is 1.07. The van der Waals surface area contributed by atoms with Crippen LogP contribution in [-0.2, 0) is 14.8 Å². The van der Waals surface area contributed by atoms with Crippen molar-refractivity contribution in [1.82, 2.24) is 14.5 Å². The van der Waals surface area contributed by atoms with E-state index in [1.54, 1.807) is 20.9 Å². The van der Waals surface area contributed by atoms with Crippen molar-refractivity contribution in [2.24, 2.45) is 5.92 Å².